The Hall–Kier alpha value is -3.92. The number of carboxylic acid groups (broad SMARTS) is 1. The molecule has 1 amide bonds. The van der Waals surface area contributed by atoms with Crippen LogP contribution in [0.4, 0.5) is 0 Å². The standard InChI is InChI=1S/C17H14N6O4/c24-15-12(9-18-14(21-15)13-6-3-7-19-22-13)16(25)23-20-8-10-4-1-2-5-11(10)17(26)27/h1-7,9,20H,8H2,(H,23,25)(H,26,27)(H,18,21,24). The van der Waals surface area contributed by atoms with Crippen molar-refractivity contribution in [3.8, 4) is 17.4 Å². The molecule has 4 N–H and O–H groups in total. The van der Waals surface area contributed by atoms with E-state index < -0.39 is 17.8 Å². The lowest BCUT2D eigenvalue weighted by atomic mass is 10.1. The quantitative estimate of drug-likeness (QED) is 0.464. The number of nitrogens with zero attached hydrogens (tertiary/aromatic N) is 4. The molecule has 0 saturated carbocycles. The highest BCUT2D eigenvalue weighted by atomic mass is 16.4. The van der Waals surface area contributed by atoms with Gasteiger partial charge in [-0.05, 0) is 23.8 Å². The zero-order chi connectivity index (χ0) is 19.2. The predicted octanol–water partition coefficient (Wildman–Crippen LogP) is 0.772. The summed E-state index contributed by atoms with van der Waals surface area (Å²) in [5.41, 5.74) is 5.79. The van der Waals surface area contributed by atoms with Crippen molar-refractivity contribution in [1.29, 1.82) is 0 Å². The van der Waals surface area contributed by atoms with Crippen molar-refractivity contribution in [3.63, 3.8) is 0 Å². The van der Waals surface area contributed by atoms with Crippen LogP contribution in [0, 0.1) is 0 Å². The van der Waals surface area contributed by atoms with E-state index in [9.17, 15) is 14.7 Å². The van der Waals surface area contributed by atoms with Gasteiger partial charge in [-0.2, -0.15) is 10.1 Å². The van der Waals surface area contributed by atoms with Gasteiger partial charge in [0.15, 0.2) is 5.82 Å². The molecule has 3 rings (SSSR count). The lowest BCUT2D eigenvalue weighted by Gasteiger charge is -2.10. The van der Waals surface area contributed by atoms with Crippen molar-refractivity contribution in [3.05, 3.63) is 65.5 Å². The number of aromatic hydroxyl groups is 1. The molecule has 0 unspecified atom stereocenters. The van der Waals surface area contributed by atoms with E-state index in [1.165, 1.54) is 12.3 Å². The van der Waals surface area contributed by atoms with Crippen molar-refractivity contribution < 1.29 is 19.8 Å². The van der Waals surface area contributed by atoms with Crippen LogP contribution in [0.25, 0.3) is 11.5 Å². The molecule has 0 spiro atoms. The normalized spacial score (nSPS) is 10.4. The number of carbonyl (C=O) groups excluding carboxylic acids is 1. The summed E-state index contributed by atoms with van der Waals surface area (Å²) in [6, 6.07) is 9.64. The summed E-state index contributed by atoms with van der Waals surface area (Å²) < 4.78 is 0. The zero-order valence-electron chi connectivity index (χ0n) is 13.8. The van der Waals surface area contributed by atoms with Crippen LogP contribution in [-0.4, -0.2) is 42.3 Å². The number of aromatic nitrogens is 4. The smallest absolute Gasteiger partial charge is 0.336 e. The molecule has 0 aliphatic carbocycles. The molecule has 0 bridgehead atoms. The summed E-state index contributed by atoms with van der Waals surface area (Å²) in [5.74, 6) is -2.13. The lowest BCUT2D eigenvalue weighted by Crippen LogP contribution is -2.37. The Morgan fingerprint density at radius 2 is 1.89 bits per heavy atom. The molecule has 10 nitrogen and oxygen atoms in total. The highest BCUT2D eigenvalue weighted by molar-refractivity contribution is 5.95. The fourth-order valence-electron chi connectivity index (χ4n) is 2.25. The highest BCUT2D eigenvalue weighted by Crippen LogP contribution is 2.17. The third-order valence-electron chi connectivity index (χ3n) is 3.54. The molecule has 0 fully saturated rings. The average Bonchev–Trinajstić information content (AvgIpc) is 2.68. The molecule has 0 saturated heterocycles. The number of carbonyl (C=O) groups is 2. The summed E-state index contributed by atoms with van der Waals surface area (Å²) in [7, 11) is 0. The Kier molecular flexibility index (Phi) is 5.28. The van der Waals surface area contributed by atoms with E-state index >= 15 is 0 Å². The maximum atomic E-state index is 12.2. The number of hydrogen-bond acceptors (Lipinski definition) is 8. The van der Waals surface area contributed by atoms with Crippen LogP contribution in [0.3, 0.4) is 0 Å². The molecule has 0 aliphatic heterocycles. The number of rotatable bonds is 6. The molecule has 27 heavy (non-hydrogen) atoms. The minimum absolute atomic E-state index is 0.0769. The maximum Gasteiger partial charge on any atom is 0.336 e. The summed E-state index contributed by atoms with van der Waals surface area (Å²) in [6.45, 7) is 0.0769. The van der Waals surface area contributed by atoms with Gasteiger partial charge >= 0.3 is 5.97 Å². The first-order chi connectivity index (χ1) is 13.1. The maximum absolute atomic E-state index is 12.2. The second kappa shape index (κ2) is 7.97. The first-order valence-corrected chi connectivity index (χ1v) is 7.74. The van der Waals surface area contributed by atoms with Crippen LogP contribution in [-0.2, 0) is 6.54 Å². The number of hydrazine groups is 1. The second-order valence-corrected chi connectivity index (χ2v) is 5.31. The monoisotopic (exact) mass is 366 g/mol. The highest BCUT2D eigenvalue weighted by Gasteiger charge is 2.16. The molecular weight excluding hydrogens is 352 g/mol. The molecular formula is C17H14N6O4. The number of carboxylic acids is 1. The van der Waals surface area contributed by atoms with E-state index in [2.05, 4.69) is 31.0 Å². The molecule has 0 radical (unpaired) electrons. The van der Waals surface area contributed by atoms with Gasteiger partial charge in [-0.25, -0.2) is 15.2 Å². The Labute approximate surface area is 152 Å². The average molecular weight is 366 g/mol. The molecule has 1 aromatic carbocycles. The van der Waals surface area contributed by atoms with Gasteiger partial charge in [-0.3, -0.25) is 10.2 Å². The van der Waals surface area contributed by atoms with Crippen LogP contribution in [0.1, 0.15) is 26.3 Å². The van der Waals surface area contributed by atoms with Crippen molar-refractivity contribution in [2.75, 3.05) is 0 Å². The number of amides is 1. The summed E-state index contributed by atoms with van der Waals surface area (Å²) in [4.78, 5) is 31.2. The van der Waals surface area contributed by atoms with Crippen molar-refractivity contribution in [2.24, 2.45) is 0 Å². The Bertz CT molecular complexity index is 980. The number of aromatic carboxylic acids is 1. The minimum atomic E-state index is -1.07. The summed E-state index contributed by atoms with van der Waals surface area (Å²) >= 11 is 0. The van der Waals surface area contributed by atoms with E-state index in [1.54, 1.807) is 30.3 Å². The van der Waals surface area contributed by atoms with Crippen LogP contribution in [0.2, 0.25) is 0 Å². The fraction of sp³-hybridized carbons (Fsp3) is 0.0588. The minimum Gasteiger partial charge on any atom is -0.493 e. The van der Waals surface area contributed by atoms with Gasteiger partial charge in [0.1, 0.15) is 11.3 Å². The largest absolute Gasteiger partial charge is 0.493 e. The van der Waals surface area contributed by atoms with Gasteiger partial charge in [0.25, 0.3) is 5.91 Å². The van der Waals surface area contributed by atoms with Crippen molar-refractivity contribution >= 4 is 11.9 Å². The summed E-state index contributed by atoms with van der Waals surface area (Å²) in [6.07, 6.45) is 2.65. The third-order valence-corrected chi connectivity index (χ3v) is 3.54. The van der Waals surface area contributed by atoms with Crippen LogP contribution in [0.5, 0.6) is 5.88 Å². The van der Waals surface area contributed by atoms with Crippen LogP contribution in [0.15, 0.2) is 48.8 Å². The molecule has 0 aliphatic rings. The Morgan fingerprint density at radius 1 is 1.07 bits per heavy atom. The third kappa shape index (κ3) is 4.19. The molecule has 2 aromatic heterocycles. The number of benzene rings is 1. The lowest BCUT2D eigenvalue weighted by molar-refractivity contribution is 0.0695. The molecule has 136 valence electrons. The fourth-order valence-corrected chi connectivity index (χ4v) is 2.25. The first kappa shape index (κ1) is 17.9. The SMILES string of the molecule is O=C(O)c1ccccc1CNNC(=O)c1cnc(-c2cccnn2)nc1O. The zero-order valence-corrected chi connectivity index (χ0v) is 13.8. The first-order valence-electron chi connectivity index (χ1n) is 7.74. The molecule has 0 atom stereocenters. The molecule has 3 aromatic rings. The van der Waals surface area contributed by atoms with E-state index in [-0.39, 0.29) is 23.5 Å². The predicted molar refractivity (Wildman–Crippen MR) is 92.4 cm³/mol. The van der Waals surface area contributed by atoms with Crippen molar-refractivity contribution in [1.82, 2.24) is 31.0 Å². The van der Waals surface area contributed by atoms with E-state index in [1.807, 2.05) is 0 Å². The van der Waals surface area contributed by atoms with Crippen molar-refractivity contribution in [2.45, 2.75) is 6.54 Å². The van der Waals surface area contributed by atoms with Gasteiger partial charge in [0, 0.05) is 18.9 Å². The van der Waals surface area contributed by atoms with Gasteiger partial charge in [0.05, 0.1) is 5.56 Å². The molecule has 2 heterocycles. The second-order valence-electron chi connectivity index (χ2n) is 5.31. The van der Waals surface area contributed by atoms with Gasteiger partial charge < -0.3 is 10.2 Å². The van der Waals surface area contributed by atoms with Gasteiger partial charge in [-0.15, -0.1) is 5.10 Å². The van der Waals surface area contributed by atoms with Gasteiger partial charge in [-0.1, -0.05) is 18.2 Å². The Morgan fingerprint density at radius 3 is 2.59 bits per heavy atom. The van der Waals surface area contributed by atoms with E-state index in [4.69, 9.17) is 5.11 Å². The van der Waals surface area contributed by atoms with Gasteiger partial charge in [0.2, 0.25) is 5.88 Å². The molecule has 10 heteroatoms. The summed E-state index contributed by atoms with van der Waals surface area (Å²) in [5, 5.41) is 26.6. The van der Waals surface area contributed by atoms with E-state index in [0.717, 1.165) is 6.20 Å². The number of hydrogen-bond donors (Lipinski definition) is 4. The Balaban J connectivity index is 1.66. The van der Waals surface area contributed by atoms with E-state index in [0.29, 0.717) is 11.3 Å². The topological polar surface area (TPSA) is 150 Å². The van der Waals surface area contributed by atoms with Crippen LogP contribution >= 0.6 is 0 Å². The number of nitrogens with one attached hydrogen (secondary N) is 2. The van der Waals surface area contributed by atoms with Crippen LogP contribution < -0.4 is 10.9 Å².